The first kappa shape index (κ1) is 23.9. The number of carbonyl (C=O) groups is 3. The zero-order valence-electron chi connectivity index (χ0n) is 20.6. The molecule has 4 amide bonds. The van der Waals surface area contributed by atoms with Crippen LogP contribution >= 0.6 is 11.3 Å². The molecule has 2 aliphatic heterocycles. The molecule has 2 N–H and O–H groups in total. The average Bonchev–Trinajstić information content (AvgIpc) is 3.30. The summed E-state index contributed by atoms with van der Waals surface area (Å²) in [7, 11) is 0. The third-order valence-corrected chi connectivity index (χ3v) is 7.87. The number of aryl methyl sites for hydroxylation is 1. The first-order valence-electron chi connectivity index (χ1n) is 12.4. The van der Waals surface area contributed by atoms with Gasteiger partial charge in [0, 0.05) is 25.3 Å². The number of benzene rings is 2. The maximum absolute atomic E-state index is 13.5. The van der Waals surface area contributed by atoms with Gasteiger partial charge in [0.15, 0.2) is 0 Å². The second-order valence-corrected chi connectivity index (χ2v) is 10.4. The van der Waals surface area contributed by atoms with Crippen molar-refractivity contribution >= 4 is 57.0 Å². The van der Waals surface area contributed by atoms with Crippen LogP contribution in [0.5, 0.6) is 11.5 Å². The molecular weight excluding hydrogens is 502 g/mol. The Labute approximate surface area is 223 Å². The molecule has 1 saturated heterocycles. The van der Waals surface area contributed by atoms with E-state index >= 15 is 0 Å². The van der Waals surface area contributed by atoms with Gasteiger partial charge in [-0.15, -0.1) is 11.3 Å². The van der Waals surface area contributed by atoms with Gasteiger partial charge >= 0.3 is 6.03 Å². The number of piperidine rings is 1. The van der Waals surface area contributed by atoms with Gasteiger partial charge in [-0.1, -0.05) is 18.2 Å². The van der Waals surface area contributed by atoms with E-state index in [0.717, 1.165) is 36.0 Å². The second kappa shape index (κ2) is 9.79. The SMILES string of the molecule is Cc1cc(Oc2ccccc2)ccc1N1C(=O)Nc2c(C(=O)NC3CCCN(C=O)C3)sc3nccc1c23. The molecule has 192 valence electrons. The summed E-state index contributed by atoms with van der Waals surface area (Å²) in [5.41, 5.74) is 2.69. The van der Waals surface area contributed by atoms with E-state index in [-0.39, 0.29) is 18.0 Å². The van der Waals surface area contributed by atoms with E-state index in [1.165, 1.54) is 11.3 Å². The van der Waals surface area contributed by atoms with Crippen LogP contribution in [0.1, 0.15) is 28.1 Å². The standard InChI is InChI=1S/C28H25N5O4S/c1-17-14-20(37-19-7-3-2-4-8-19)9-10-21(17)33-22-11-12-29-27-23(22)24(31-28(33)36)25(38-27)26(35)30-18-6-5-13-32(15-18)16-34/h2-4,7-12,14,16,18H,5-6,13,15H2,1H3,(H,30,35)(H,31,36). The number of hydrogen-bond donors (Lipinski definition) is 2. The van der Waals surface area contributed by atoms with Crippen molar-refractivity contribution in [2.75, 3.05) is 23.3 Å². The number of pyridine rings is 1. The third-order valence-electron chi connectivity index (χ3n) is 6.78. The van der Waals surface area contributed by atoms with Crippen LogP contribution < -0.4 is 20.3 Å². The Kier molecular flexibility index (Phi) is 6.16. The lowest BCUT2D eigenvalue weighted by Crippen LogP contribution is -2.47. The predicted octanol–water partition coefficient (Wildman–Crippen LogP) is 5.43. The number of nitrogens with one attached hydrogen (secondary N) is 2. The normalized spacial score (nSPS) is 16.8. The van der Waals surface area contributed by atoms with Crippen molar-refractivity contribution in [2.24, 2.45) is 0 Å². The van der Waals surface area contributed by atoms with Crippen molar-refractivity contribution in [1.29, 1.82) is 0 Å². The molecule has 2 aromatic carbocycles. The van der Waals surface area contributed by atoms with Gasteiger partial charge in [-0.2, -0.15) is 0 Å². The monoisotopic (exact) mass is 527 g/mol. The fourth-order valence-corrected chi connectivity index (χ4v) is 6.04. The molecule has 4 aromatic rings. The number of carbonyl (C=O) groups excluding carboxylic acids is 3. The van der Waals surface area contributed by atoms with Crippen molar-refractivity contribution in [2.45, 2.75) is 25.8 Å². The van der Waals surface area contributed by atoms with Gasteiger partial charge in [-0.3, -0.25) is 14.5 Å². The van der Waals surface area contributed by atoms with Crippen molar-refractivity contribution in [1.82, 2.24) is 15.2 Å². The molecular formula is C28H25N5O4S. The largest absolute Gasteiger partial charge is 0.457 e. The van der Waals surface area contributed by atoms with Gasteiger partial charge in [-0.05, 0) is 61.7 Å². The Balaban J connectivity index is 1.32. The highest BCUT2D eigenvalue weighted by Crippen LogP contribution is 2.46. The Morgan fingerprint density at radius 2 is 2.00 bits per heavy atom. The van der Waals surface area contributed by atoms with E-state index in [4.69, 9.17) is 4.74 Å². The molecule has 0 saturated carbocycles. The van der Waals surface area contributed by atoms with Crippen LogP contribution in [0.3, 0.4) is 0 Å². The summed E-state index contributed by atoms with van der Waals surface area (Å²) < 4.78 is 5.95. The smallest absolute Gasteiger partial charge is 0.331 e. The van der Waals surface area contributed by atoms with Gasteiger partial charge in [0.1, 0.15) is 21.2 Å². The fourth-order valence-electron chi connectivity index (χ4n) is 5.02. The van der Waals surface area contributed by atoms with Gasteiger partial charge < -0.3 is 20.3 Å². The zero-order chi connectivity index (χ0) is 26.2. The minimum Gasteiger partial charge on any atom is -0.457 e. The lowest BCUT2D eigenvalue weighted by Gasteiger charge is -2.31. The molecule has 1 fully saturated rings. The Morgan fingerprint density at radius 1 is 1.16 bits per heavy atom. The number of amides is 4. The molecule has 2 aliphatic rings. The molecule has 6 rings (SSSR count). The number of hydrogen-bond acceptors (Lipinski definition) is 6. The third kappa shape index (κ3) is 4.32. The Bertz CT molecular complexity index is 1550. The summed E-state index contributed by atoms with van der Waals surface area (Å²) >= 11 is 1.25. The zero-order valence-corrected chi connectivity index (χ0v) is 21.5. The molecule has 2 aromatic heterocycles. The van der Waals surface area contributed by atoms with Gasteiger partial charge in [0.2, 0.25) is 6.41 Å². The highest BCUT2D eigenvalue weighted by atomic mass is 32.1. The van der Waals surface area contributed by atoms with Gasteiger partial charge in [0.05, 0.1) is 22.4 Å². The highest BCUT2D eigenvalue weighted by Gasteiger charge is 2.34. The summed E-state index contributed by atoms with van der Waals surface area (Å²) in [5.74, 6) is 1.12. The second-order valence-electron chi connectivity index (χ2n) is 9.36. The van der Waals surface area contributed by atoms with E-state index in [0.29, 0.717) is 45.6 Å². The van der Waals surface area contributed by atoms with E-state index in [1.54, 1.807) is 22.1 Å². The number of nitrogens with zero attached hydrogens (tertiary/aromatic N) is 3. The minimum absolute atomic E-state index is 0.138. The van der Waals surface area contributed by atoms with Crippen LogP contribution in [0.15, 0.2) is 60.8 Å². The van der Waals surface area contributed by atoms with Crippen LogP contribution in [-0.4, -0.2) is 47.4 Å². The predicted molar refractivity (Wildman–Crippen MR) is 147 cm³/mol. The number of para-hydroxylation sites is 1. The van der Waals surface area contributed by atoms with E-state index in [9.17, 15) is 14.4 Å². The number of aromatic nitrogens is 1. The maximum Gasteiger partial charge on any atom is 0.331 e. The molecule has 9 nitrogen and oxygen atoms in total. The maximum atomic E-state index is 13.5. The van der Waals surface area contributed by atoms with Crippen LogP contribution in [-0.2, 0) is 4.79 Å². The molecule has 0 aliphatic carbocycles. The number of ether oxygens (including phenoxy) is 1. The van der Waals surface area contributed by atoms with Crippen LogP contribution in [0, 0.1) is 6.92 Å². The summed E-state index contributed by atoms with van der Waals surface area (Å²) in [6.07, 6.45) is 4.09. The molecule has 0 spiro atoms. The van der Waals surface area contributed by atoms with Crippen LogP contribution in [0.4, 0.5) is 21.9 Å². The number of thiophene rings is 1. The lowest BCUT2D eigenvalue weighted by atomic mass is 10.1. The quantitative estimate of drug-likeness (QED) is 0.326. The Morgan fingerprint density at radius 3 is 2.79 bits per heavy atom. The fraction of sp³-hybridized carbons (Fsp3) is 0.214. The van der Waals surface area contributed by atoms with Crippen LogP contribution in [0.25, 0.3) is 10.2 Å². The van der Waals surface area contributed by atoms with Crippen molar-refractivity contribution in [3.05, 3.63) is 71.2 Å². The lowest BCUT2D eigenvalue weighted by molar-refractivity contribution is -0.119. The van der Waals surface area contributed by atoms with Crippen molar-refractivity contribution < 1.29 is 19.1 Å². The number of urea groups is 1. The van der Waals surface area contributed by atoms with Crippen LogP contribution in [0.2, 0.25) is 0 Å². The topological polar surface area (TPSA) is 104 Å². The summed E-state index contributed by atoms with van der Waals surface area (Å²) in [6, 6.07) is 16.4. The summed E-state index contributed by atoms with van der Waals surface area (Å²) in [6.45, 7) is 3.10. The summed E-state index contributed by atoms with van der Waals surface area (Å²) in [4.78, 5) is 46.7. The molecule has 1 unspecified atom stereocenters. The van der Waals surface area contributed by atoms with Gasteiger partial charge in [-0.25, -0.2) is 9.78 Å². The van der Waals surface area contributed by atoms with Crippen molar-refractivity contribution in [3.63, 3.8) is 0 Å². The minimum atomic E-state index is -0.359. The molecule has 0 bridgehead atoms. The highest BCUT2D eigenvalue weighted by molar-refractivity contribution is 7.21. The first-order valence-corrected chi connectivity index (χ1v) is 13.2. The first-order chi connectivity index (χ1) is 18.5. The number of anilines is 3. The van der Waals surface area contributed by atoms with Crippen molar-refractivity contribution in [3.8, 4) is 11.5 Å². The van der Waals surface area contributed by atoms with E-state index in [2.05, 4.69) is 15.6 Å². The van der Waals surface area contributed by atoms with E-state index < -0.39 is 0 Å². The number of likely N-dealkylation sites (tertiary alicyclic amines) is 1. The van der Waals surface area contributed by atoms with E-state index in [1.807, 2.05) is 55.5 Å². The molecule has 10 heteroatoms. The summed E-state index contributed by atoms with van der Waals surface area (Å²) in [5, 5.41) is 6.70. The molecule has 1 atom stereocenters. The molecule has 4 heterocycles. The van der Waals surface area contributed by atoms with Gasteiger partial charge in [0.25, 0.3) is 5.91 Å². The molecule has 0 radical (unpaired) electrons. The molecule has 38 heavy (non-hydrogen) atoms. The average molecular weight is 528 g/mol. The Hall–Kier alpha value is -4.44. The number of rotatable bonds is 6.